The van der Waals surface area contributed by atoms with E-state index in [9.17, 15) is 0 Å². The van der Waals surface area contributed by atoms with Crippen molar-refractivity contribution in [1.82, 2.24) is 9.78 Å². The molecule has 2 aromatic rings. The van der Waals surface area contributed by atoms with Gasteiger partial charge in [-0.3, -0.25) is 0 Å². The lowest BCUT2D eigenvalue weighted by molar-refractivity contribution is 0.0593. The largest absolute Gasteiger partial charge is 0.376 e. The summed E-state index contributed by atoms with van der Waals surface area (Å²) in [5, 5.41) is 8.35. The van der Waals surface area contributed by atoms with Crippen LogP contribution in [0.5, 0.6) is 0 Å². The molecule has 0 aliphatic carbocycles. The van der Waals surface area contributed by atoms with Crippen LogP contribution >= 0.6 is 0 Å². The summed E-state index contributed by atoms with van der Waals surface area (Å²) in [6, 6.07) is 11.0. The molecule has 1 aromatic heterocycles. The molecule has 0 amide bonds. The SMILES string of the molecule is Cc1ccccc1-c1cc2n(n1)C(C1CCCO1)CCN2. The smallest absolute Gasteiger partial charge is 0.125 e. The highest BCUT2D eigenvalue weighted by Crippen LogP contribution is 2.35. The van der Waals surface area contributed by atoms with Gasteiger partial charge in [0.1, 0.15) is 5.82 Å². The molecule has 0 saturated carbocycles. The summed E-state index contributed by atoms with van der Waals surface area (Å²) in [5.41, 5.74) is 3.54. The Labute approximate surface area is 125 Å². The van der Waals surface area contributed by atoms with Crippen LogP contribution in [0.25, 0.3) is 11.3 Å². The molecule has 4 nitrogen and oxygen atoms in total. The molecule has 1 fully saturated rings. The molecule has 1 N–H and O–H groups in total. The predicted octanol–water partition coefficient (Wildman–Crippen LogP) is 3.39. The van der Waals surface area contributed by atoms with Crippen LogP contribution in [-0.2, 0) is 4.74 Å². The van der Waals surface area contributed by atoms with Gasteiger partial charge in [-0.25, -0.2) is 4.68 Å². The van der Waals surface area contributed by atoms with Crippen molar-refractivity contribution in [2.24, 2.45) is 0 Å². The number of anilines is 1. The highest BCUT2D eigenvalue weighted by Gasteiger charge is 2.32. The maximum atomic E-state index is 5.90. The van der Waals surface area contributed by atoms with E-state index < -0.39 is 0 Å². The first-order valence-corrected chi connectivity index (χ1v) is 7.84. The quantitative estimate of drug-likeness (QED) is 0.918. The molecule has 21 heavy (non-hydrogen) atoms. The molecule has 0 radical (unpaired) electrons. The molecular formula is C17H21N3O. The summed E-state index contributed by atoms with van der Waals surface area (Å²) in [5.74, 6) is 1.13. The van der Waals surface area contributed by atoms with Gasteiger partial charge in [-0.15, -0.1) is 0 Å². The van der Waals surface area contributed by atoms with Gasteiger partial charge >= 0.3 is 0 Å². The number of nitrogens with one attached hydrogen (secondary N) is 1. The number of fused-ring (bicyclic) bond motifs is 1. The number of aromatic nitrogens is 2. The zero-order valence-corrected chi connectivity index (χ0v) is 12.4. The summed E-state index contributed by atoms with van der Waals surface area (Å²) >= 11 is 0. The second-order valence-corrected chi connectivity index (χ2v) is 6.01. The van der Waals surface area contributed by atoms with Crippen molar-refractivity contribution < 1.29 is 4.74 Å². The first-order valence-electron chi connectivity index (χ1n) is 7.84. The molecule has 2 aliphatic rings. The molecule has 1 saturated heterocycles. The van der Waals surface area contributed by atoms with Crippen molar-refractivity contribution in [3.05, 3.63) is 35.9 Å². The normalized spacial score (nSPS) is 24.6. The Morgan fingerprint density at radius 2 is 2.19 bits per heavy atom. The van der Waals surface area contributed by atoms with E-state index in [4.69, 9.17) is 9.84 Å². The van der Waals surface area contributed by atoms with Gasteiger partial charge in [-0.1, -0.05) is 24.3 Å². The van der Waals surface area contributed by atoms with E-state index in [1.165, 1.54) is 17.5 Å². The van der Waals surface area contributed by atoms with E-state index in [2.05, 4.69) is 47.3 Å². The van der Waals surface area contributed by atoms with Gasteiger partial charge in [0.25, 0.3) is 0 Å². The molecular weight excluding hydrogens is 262 g/mol. The lowest BCUT2D eigenvalue weighted by Crippen LogP contribution is -2.31. The molecule has 0 bridgehead atoms. The topological polar surface area (TPSA) is 39.1 Å². The van der Waals surface area contributed by atoms with Crippen molar-refractivity contribution in [1.29, 1.82) is 0 Å². The maximum absolute atomic E-state index is 5.90. The van der Waals surface area contributed by atoms with Crippen LogP contribution in [-0.4, -0.2) is 29.0 Å². The number of hydrogen-bond acceptors (Lipinski definition) is 3. The number of nitrogens with zero attached hydrogens (tertiary/aromatic N) is 2. The van der Waals surface area contributed by atoms with Gasteiger partial charge < -0.3 is 10.1 Å². The molecule has 3 heterocycles. The van der Waals surface area contributed by atoms with Crippen LogP contribution < -0.4 is 5.32 Å². The van der Waals surface area contributed by atoms with Crippen LogP contribution in [0.2, 0.25) is 0 Å². The number of ether oxygens (including phenoxy) is 1. The van der Waals surface area contributed by atoms with E-state index >= 15 is 0 Å². The van der Waals surface area contributed by atoms with Crippen molar-refractivity contribution in [2.75, 3.05) is 18.5 Å². The highest BCUT2D eigenvalue weighted by molar-refractivity contribution is 5.66. The molecule has 110 valence electrons. The summed E-state index contributed by atoms with van der Waals surface area (Å²) in [7, 11) is 0. The molecule has 4 rings (SSSR count). The van der Waals surface area contributed by atoms with Crippen LogP contribution in [0.1, 0.15) is 30.9 Å². The minimum atomic E-state index is 0.329. The predicted molar refractivity (Wildman–Crippen MR) is 83.5 cm³/mol. The third-order valence-electron chi connectivity index (χ3n) is 4.61. The molecule has 0 spiro atoms. The summed E-state index contributed by atoms with van der Waals surface area (Å²) in [4.78, 5) is 0. The Bertz CT molecular complexity index is 643. The number of aryl methyl sites for hydroxylation is 1. The van der Waals surface area contributed by atoms with Crippen LogP contribution in [0.15, 0.2) is 30.3 Å². The molecule has 4 heteroatoms. The first-order chi connectivity index (χ1) is 10.3. The number of hydrogen-bond donors (Lipinski definition) is 1. The van der Waals surface area contributed by atoms with Gasteiger partial charge in [0.15, 0.2) is 0 Å². The van der Waals surface area contributed by atoms with Crippen molar-refractivity contribution in [2.45, 2.75) is 38.3 Å². The van der Waals surface area contributed by atoms with Gasteiger partial charge in [-0.05, 0) is 31.7 Å². The highest BCUT2D eigenvalue weighted by atomic mass is 16.5. The minimum absolute atomic E-state index is 0.329. The van der Waals surface area contributed by atoms with Gasteiger partial charge in [0.2, 0.25) is 0 Å². The average Bonchev–Trinajstić information content (AvgIpc) is 3.16. The van der Waals surface area contributed by atoms with E-state index in [0.29, 0.717) is 12.1 Å². The summed E-state index contributed by atoms with van der Waals surface area (Å²) in [6.45, 7) is 4.04. The van der Waals surface area contributed by atoms with E-state index in [-0.39, 0.29) is 0 Å². The van der Waals surface area contributed by atoms with Crippen molar-refractivity contribution in [3.8, 4) is 11.3 Å². The second-order valence-electron chi connectivity index (χ2n) is 6.01. The monoisotopic (exact) mass is 283 g/mol. The minimum Gasteiger partial charge on any atom is -0.376 e. The Hall–Kier alpha value is -1.81. The molecule has 2 aliphatic heterocycles. The fourth-order valence-electron chi connectivity index (χ4n) is 3.49. The van der Waals surface area contributed by atoms with Gasteiger partial charge in [0.05, 0.1) is 17.8 Å². The van der Waals surface area contributed by atoms with Crippen molar-refractivity contribution in [3.63, 3.8) is 0 Å². The molecule has 2 atom stereocenters. The average molecular weight is 283 g/mol. The van der Waals surface area contributed by atoms with Gasteiger partial charge in [-0.2, -0.15) is 5.10 Å². The van der Waals surface area contributed by atoms with E-state index in [1.54, 1.807) is 0 Å². The standard InChI is InChI=1S/C17H21N3O/c1-12-5-2-3-6-13(12)14-11-17-18-9-8-15(20(17)19-14)16-7-4-10-21-16/h2-3,5-6,11,15-16,18H,4,7-10H2,1H3. The van der Waals surface area contributed by atoms with Crippen molar-refractivity contribution >= 4 is 5.82 Å². The summed E-state index contributed by atoms with van der Waals surface area (Å²) in [6.07, 6.45) is 3.75. The fourth-order valence-corrected chi connectivity index (χ4v) is 3.49. The zero-order chi connectivity index (χ0) is 14.2. The van der Waals surface area contributed by atoms with Crippen LogP contribution in [0.4, 0.5) is 5.82 Å². The molecule has 2 unspecified atom stereocenters. The lowest BCUT2D eigenvalue weighted by Gasteiger charge is -2.29. The summed E-state index contributed by atoms with van der Waals surface area (Å²) < 4.78 is 8.05. The second kappa shape index (κ2) is 5.19. The zero-order valence-electron chi connectivity index (χ0n) is 12.4. The number of rotatable bonds is 2. The first kappa shape index (κ1) is 12.9. The van der Waals surface area contributed by atoms with E-state index in [0.717, 1.165) is 37.5 Å². The molecule has 1 aromatic carbocycles. The maximum Gasteiger partial charge on any atom is 0.125 e. The van der Waals surface area contributed by atoms with Crippen LogP contribution in [0.3, 0.4) is 0 Å². The third-order valence-corrected chi connectivity index (χ3v) is 4.61. The Balaban J connectivity index is 1.72. The lowest BCUT2D eigenvalue weighted by atomic mass is 10.0. The van der Waals surface area contributed by atoms with Gasteiger partial charge in [0, 0.05) is 24.8 Å². The Morgan fingerprint density at radius 1 is 1.29 bits per heavy atom. The van der Waals surface area contributed by atoms with E-state index in [1.807, 2.05) is 0 Å². The number of benzene rings is 1. The fraction of sp³-hybridized carbons (Fsp3) is 0.471. The third kappa shape index (κ3) is 2.23. The van der Waals surface area contributed by atoms with Crippen LogP contribution in [0, 0.1) is 6.92 Å². The Morgan fingerprint density at radius 3 is 3.00 bits per heavy atom. The Kier molecular flexibility index (Phi) is 3.19.